The lowest BCUT2D eigenvalue weighted by molar-refractivity contribution is -0.123. The summed E-state index contributed by atoms with van der Waals surface area (Å²) in [6.07, 6.45) is 3.55. The molecule has 0 radical (unpaired) electrons. The van der Waals surface area contributed by atoms with E-state index in [1.165, 1.54) is 0 Å². The molecule has 98 valence electrons. The van der Waals surface area contributed by atoms with Gasteiger partial charge in [0.1, 0.15) is 6.04 Å². The van der Waals surface area contributed by atoms with E-state index in [2.05, 4.69) is 15.6 Å². The van der Waals surface area contributed by atoms with Crippen LogP contribution in [0.3, 0.4) is 0 Å². The predicted octanol–water partition coefficient (Wildman–Crippen LogP) is 1.51. The van der Waals surface area contributed by atoms with Gasteiger partial charge in [0, 0.05) is 18.1 Å². The van der Waals surface area contributed by atoms with Crippen LogP contribution in [-0.4, -0.2) is 23.5 Å². The van der Waals surface area contributed by atoms with Gasteiger partial charge in [0.05, 0.1) is 16.9 Å². The van der Waals surface area contributed by atoms with Gasteiger partial charge in [-0.05, 0) is 37.1 Å². The average Bonchev–Trinajstić information content (AvgIpc) is 2.44. The molecule has 1 unspecified atom stereocenters. The first kappa shape index (κ1) is 11.8. The largest absolute Gasteiger partial charge is 0.397 e. The molecule has 0 bridgehead atoms. The summed E-state index contributed by atoms with van der Waals surface area (Å²) in [5.74, 6) is 0.0388. The van der Waals surface area contributed by atoms with Crippen molar-refractivity contribution < 1.29 is 4.79 Å². The number of benzene rings is 1. The highest BCUT2D eigenvalue weighted by molar-refractivity contribution is 5.98. The molecule has 1 aromatic heterocycles. The summed E-state index contributed by atoms with van der Waals surface area (Å²) in [4.78, 5) is 16.0. The third-order valence-electron chi connectivity index (χ3n) is 3.44. The summed E-state index contributed by atoms with van der Waals surface area (Å²) in [6, 6.07) is 7.38. The topological polar surface area (TPSA) is 80.0 Å². The molecule has 0 saturated carbocycles. The van der Waals surface area contributed by atoms with Crippen LogP contribution >= 0.6 is 0 Å². The van der Waals surface area contributed by atoms with Crippen LogP contribution < -0.4 is 16.4 Å². The zero-order valence-electron chi connectivity index (χ0n) is 10.5. The lowest BCUT2D eigenvalue weighted by Crippen LogP contribution is -2.44. The van der Waals surface area contributed by atoms with E-state index in [0.717, 1.165) is 36.0 Å². The number of carbonyl (C=O) groups is 1. The Morgan fingerprint density at radius 2 is 2.26 bits per heavy atom. The number of hydrogen-bond donors (Lipinski definition) is 3. The molecule has 1 amide bonds. The average molecular weight is 256 g/mol. The number of nitrogen functional groups attached to an aromatic ring is 1. The summed E-state index contributed by atoms with van der Waals surface area (Å²) in [5, 5.41) is 6.99. The van der Waals surface area contributed by atoms with Gasteiger partial charge in [0.2, 0.25) is 5.91 Å². The van der Waals surface area contributed by atoms with Gasteiger partial charge in [-0.2, -0.15) is 0 Å². The third-order valence-corrected chi connectivity index (χ3v) is 3.44. The number of hydrogen-bond acceptors (Lipinski definition) is 4. The van der Waals surface area contributed by atoms with Crippen molar-refractivity contribution in [3.63, 3.8) is 0 Å². The molecule has 1 fully saturated rings. The van der Waals surface area contributed by atoms with Gasteiger partial charge in [-0.1, -0.05) is 0 Å². The molecule has 1 aliphatic rings. The van der Waals surface area contributed by atoms with Crippen molar-refractivity contribution in [2.75, 3.05) is 17.6 Å². The van der Waals surface area contributed by atoms with Gasteiger partial charge in [0.15, 0.2) is 0 Å². The Labute approximate surface area is 111 Å². The minimum Gasteiger partial charge on any atom is -0.397 e. The fraction of sp³-hybridized carbons (Fsp3) is 0.286. The van der Waals surface area contributed by atoms with Crippen molar-refractivity contribution in [3.05, 3.63) is 30.5 Å². The second kappa shape index (κ2) is 4.76. The molecular formula is C14H16N4O. The Bertz CT molecular complexity index is 626. The number of carbonyl (C=O) groups excluding carboxylic acids is 1. The molecule has 1 atom stereocenters. The molecule has 0 aliphatic carbocycles. The number of rotatable bonds is 2. The van der Waals surface area contributed by atoms with E-state index in [1.807, 2.05) is 24.3 Å². The minimum absolute atomic E-state index is 0.0388. The molecule has 2 aromatic rings. The first-order valence-electron chi connectivity index (χ1n) is 6.43. The summed E-state index contributed by atoms with van der Waals surface area (Å²) >= 11 is 0. The normalized spacial score (nSPS) is 19.2. The zero-order chi connectivity index (χ0) is 13.2. The summed E-state index contributed by atoms with van der Waals surface area (Å²) in [6.45, 7) is 0.758. The molecule has 5 nitrogen and oxygen atoms in total. The molecule has 0 spiro atoms. The Kier molecular flexibility index (Phi) is 2.95. The first-order valence-corrected chi connectivity index (χ1v) is 6.43. The maximum atomic E-state index is 11.7. The van der Waals surface area contributed by atoms with Gasteiger partial charge >= 0.3 is 0 Å². The molecule has 5 heteroatoms. The number of anilines is 2. The SMILES string of the molecule is Nc1c(NC2CCCNC2=O)ccc2ncccc12. The van der Waals surface area contributed by atoms with Crippen LogP contribution in [0.5, 0.6) is 0 Å². The van der Waals surface area contributed by atoms with Crippen molar-refractivity contribution in [2.24, 2.45) is 0 Å². The number of nitrogens with zero attached hydrogens (tertiary/aromatic N) is 1. The summed E-state index contributed by atoms with van der Waals surface area (Å²) in [7, 11) is 0. The van der Waals surface area contributed by atoms with Crippen molar-refractivity contribution in [1.29, 1.82) is 0 Å². The first-order chi connectivity index (χ1) is 9.25. The van der Waals surface area contributed by atoms with Crippen LogP contribution in [-0.2, 0) is 4.79 Å². The second-order valence-corrected chi connectivity index (χ2v) is 4.73. The molecule has 3 rings (SSSR count). The number of nitrogens with one attached hydrogen (secondary N) is 2. The van der Waals surface area contributed by atoms with Crippen molar-refractivity contribution in [2.45, 2.75) is 18.9 Å². The Morgan fingerprint density at radius 1 is 1.37 bits per heavy atom. The predicted molar refractivity (Wildman–Crippen MR) is 75.8 cm³/mol. The van der Waals surface area contributed by atoms with E-state index in [9.17, 15) is 4.79 Å². The van der Waals surface area contributed by atoms with E-state index in [-0.39, 0.29) is 11.9 Å². The van der Waals surface area contributed by atoms with Crippen molar-refractivity contribution in [1.82, 2.24) is 10.3 Å². The van der Waals surface area contributed by atoms with Crippen LogP contribution in [0, 0.1) is 0 Å². The van der Waals surface area contributed by atoms with E-state index in [1.54, 1.807) is 6.20 Å². The third kappa shape index (κ3) is 2.19. The molecule has 1 aliphatic heterocycles. The van der Waals surface area contributed by atoms with Gasteiger partial charge in [0.25, 0.3) is 0 Å². The minimum atomic E-state index is -0.204. The number of nitrogens with two attached hydrogens (primary N) is 1. The van der Waals surface area contributed by atoms with E-state index >= 15 is 0 Å². The number of fused-ring (bicyclic) bond motifs is 1. The number of pyridine rings is 1. The number of amides is 1. The van der Waals surface area contributed by atoms with Crippen molar-refractivity contribution in [3.8, 4) is 0 Å². The van der Waals surface area contributed by atoms with Gasteiger partial charge in [-0.15, -0.1) is 0 Å². The number of aromatic nitrogens is 1. The molecule has 1 aromatic carbocycles. The molecule has 4 N–H and O–H groups in total. The monoisotopic (exact) mass is 256 g/mol. The summed E-state index contributed by atoms with van der Waals surface area (Å²) in [5.41, 5.74) is 8.44. The van der Waals surface area contributed by atoms with Crippen LogP contribution in [0.25, 0.3) is 10.9 Å². The second-order valence-electron chi connectivity index (χ2n) is 4.73. The van der Waals surface area contributed by atoms with E-state index in [4.69, 9.17) is 5.73 Å². The zero-order valence-corrected chi connectivity index (χ0v) is 10.5. The van der Waals surface area contributed by atoms with Crippen LogP contribution in [0.15, 0.2) is 30.5 Å². The quantitative estimate of drug-likeness (QED) is 0.711. The van der Waals surface area contributed by atoms with E-state index < -0.39 is 0 Å². The fourth-order valence-electron chi connectivity index (χ4n) is 2.40. The highest BCUT2D eigenvalue weighted by atomic mass is 16.2. The smallest absolute Gasteiger partial charge is 0.242 e. The molecule has 2 heterocycles. The maximum absolute atomic E-state index is 11.7. The fourth-order valence-corrected chi connectivity index (χ4v) is 2.40. The van der Waals surface area contributed by atoms with Gasteiger partial charge in [-0.3, -0.25) is 9.78 Å². The lowest BCUT2D eigenvalue weighted by Gasteiger charge is -2.24. The van der Waals surface area contributed by atoms with Gasteiger partial charge in [-0.25, -0.2) is 0 Å². The van der Waals surface area contributed by atoms with Crippen LogP contribution in [0.4, 0.5) is 11.4 Å². The van der Waals surface area contributed by atoms with E-state index in [0.29, 0.717) is 5.69 Å². The van der Waals surface area contributed by atoms with Gasteiger partial charge < -0.3 is 16.4 Å². The molecule has 1 saturated heterocycles. The van der Waals surface area contributed by atoms with Crippen LogP contribution in [0.1, 0.15) is 12.8 Å². The molecule has 19 heavy (non-hydrogen) atoms. The maximum Gasteiger partial charge on any atom is 0.242 e. The summed E-state index contributed by atoms with van der Waals surface area (Å²) < 4.78 is 0. The Morgan fingerprint density at radius 3 is 3.11 bits per heavy atom. The highest BCUT2D eigenvalue weighted by Gasteiger charge is 2.22. The Hall–Kier alpha value is -2.30. The highest BCUT2D eigenvalue weighted by Crippen LogP contribution is 2.28. The van der Waals surface area contributed by atoms with Crippen molar-refractivity contribution >= 4 is 28.2 Å². The lowest BCUT2D eigenvalue weighted by atomic mass is 10.1. The van der Waals surface area contributed by atoms with Crippen LogP contribution in [0.2, 0.25) is 0 Å². The molecular weight excluding hydrogens is 240 g/mol. The number of piperidine rings is 1. The standard InChI is InChI=1S/C14H16N4O/c15-13-9-3-1-7-16-10(9)5-6-11(13)18-12-4-2-8-17-14(12)19/h1,3,5-7,12,18H,2,4,8,15H2,(H,17,19). The Balaban J connectivity index is 1.92.